The van der Waals surface area contributed by atoms with E-state index in [0.29, 0.717) is 0 Å². The second-order valence-corrected chi connectivity index (χ2v) is 2.96. The maximum Gasteiger partial charge on any atom is 0.233 e. The molecule has 0 aliphatic carbocycles. The van der Waals surface area contributed by atoms with Crippen LogP contribution in [0.3, 0.4) is 0 Å². The van der Waals surface area contributed by atoms with Crippen LogP contribution in [0.4, 0.5) is 0 Å². The van der Waals surface area contributed by atoms with Gasteiger partial charge >= 0.3 is 0 Å². The van der Waals surface area contributed by atoms with Gasteiger partial charge in [0.2, 0.25) is 5.91 Å². The maximum absolute atomic E-state index is 10.8. The highest BCUT2D eigenvalue weighted by Gasteiger charge is 2.03. The van der Waals surface area contributed by atoms with Crippen LogP contribution >= 0.6 is 0 Å². The maximum atomic E-state index is 10.8. The van der Waals surface area contributed by atoms with Crippen molar-refractivity contribution in [3.05, 3.63) is 0 Å². The lowest BCUT2D eigenvalue weighted by Crippen LogP contribution is -2.36. The van der Waals surface area contributed by atoms with Gasteiger partial charge in [0.25, 0.3) is 0 Å². The second-order valence-electron chi connectivity index (χ2n) is 2.96. The summed E-state index contributed by atoms with van der Waals surface area (Å²) >= 11 is 0. The van der Waals surface area contributed by atoms with Gasteiger partial charge < -0.3 is 16.8 Å². The van der Waals surface area contributed by atoms with Crippen molar-refractivity contribution in [1.29, 1.82) is 0 Å². The number of hydrogen-bond donors (Lipinski definition) is 3. The van der Waals surface area contributed by atoms with Gasteiger partial charge in [-0.2, -0.15) is 0 Å². The highest BCUT2D eigenvalue weighted by atomic mass is 16.1. The Kier molecular flexibility index (Phi) is 6.70. The van der Waals surface area contributed by atoms with Crippen LogP contribution in [0.1, 0.15) is 26.2 Å². The number of amides is 1. The fourth-order valence-electron chi connectivity index (χ4n) is 1.00. The van der Waals surface area contributed by atoms with Crippen molar-refractivity contribution in [3.8, 4) is 0 Å². The van der Waals surface area contributed by atoms with E-state index < -0.39 is 0 Å². The molecule has 0 aromatic carbocycles. The Hall–Kier alpha value is -0.610. The normalized spacial score (nSPS) is 12.6. The highest BCUT2D eigenvalue weighted by molar-refractivity contribution is 5.77. The van der Waals surface area contributed by atoms with Crippen LogP contribution in [-0.2, 0) is 4.79 Å². The van der Waals surface area contributed by atoms with Gasteiger partial charge in [-0.05, 0) is 26.3 Å². The summed E-state index contributed by atoms with van der Waals surface area (Å²) in [5, 5.41) is 2.78. The molecule has 0 saturated carbocycles. The molecule has 5 N–H and O–H groups in total. The molecule has 0 aliphatic rings. The molecule has 0 spiro atoms. The Bertz CT molecular complexity index is 127. The summed E-state index contributed by atoms with van der Waals surface area (Å²) in [6.45, 7) is 2.77. The fourth-order valence-corrected chi connectivity index (χ4v) is 1.00. The van der Waals surface area contributed by atoms with Crippen molar-refractivity contribution in [1.82, 2.24) is 5.32 Å². The standard InChI is InChI=1S/C8H19N3O/c1-7(4-2-3-5-9)11-8(12)6-10/h7H,2-6,9-10H2,1H3,(H,11,12)/t7-/m1/s1. The third-order valence-corrected chi connectivity index (χ3v) is 1.68. The minimum atomic E-state index is -0.0877. The van der Waals surface area contributed by atoms with Crippen molar-refractivity contribution in [2.75, 3.05) is 13.1 Å². The van der Waals surface area contributed by atoms with Gasteiger partial charge in [-0.1, -0.05) is 6.42 Å². The molecular weight excluding hydrogens is 154 g/mol. The lowest BCUT2D eigenvalue weighted by Gasteiger charge is -2.12. The number of unbranched alkanes of at least 4 members (excludes halogenated alkanes) is 1. The smallest absolute Gasteiger partial charge is 0.233 e. The summed E-state index contributed by atoms with van der Waals surface area (Å²) in [6, 6.07) is 0.215. The first-order chi connectivity index (χ1) is 5.70. The molecule has 0 radical (unpaired) electrons. The van der Waals surface area contributed by atoms with E-state index in [1.807, 2.05) is 6.92 Å². The summed E-state index contributed by atoms with van der Waals surface area (Å²) in [7, 11) is 0. The molecule has 4 nitrogen and oxygen atoms in total. The Balaban J connectivity index is 3.32. The minimum absolute atomic E-state index is 0.0707. The summed E-state index contributed by atoms with van der Waals surface area (Å²) in [5.41, 5.74) is 10.5. The molecule has 1 amide bonds. The number of rotatable bonds is 6. The number of carbonyl (C=O) groups is 1. The van der Waals surface area contributed by atoms with E-state index in [1.165, 1.54) is 0 Å². The fraction of sp³-hybridized carbons (Fsp3) is 0.875. The topological polar surface area (TPSA) is 81.1 Å². The largest absolute Gasteiger partial charge is 0.353 e. The van der Waals surface area contributed by atoms with Crippen LogP contribution < -0.4 is 16.8 Å². The third kappa shape index (κ3) is 6.12. The molecule has 0 rings (SSSR count). The zero-order valence-electron chi connectivity index (χ0n) is 7.68. The van der Waals surface area contributed by atoms with Gasteiger partial charge in [0.05, 0.1) is 6.54 Å². The van der Waals surface area contributed by atoms with E-state index in [2.05, 4.69) is 5.32 Å². The van der Waals surface area contributed by atoms with Crippen LogP contribution in [-0.4, -0.2) is 25.0 Å². The third-order valence-electron chi connectivity index (χ3n) is 1.68. The van der Waals surface area contributed by atoms with Gasteiger partial charge in [0.1, 0.15) is 0 Å². The van der Waals surface area contributed by atoms with E-state index in [-0.39, 0.29) is 18.5 Å². The first-order valence-electron chi connectivity index (χ1n) is 4.40. The lowest BCUT2D eigenvalue weighted by atomic mass is 10.1. The minimum Gasteiger partial charge on any atom is -0.353 e. The van der Waals surface area contributed by atoms with Crippen LogP contribution in [0.25, 0.3) is 0 Å². The zero-order valence-corrected chi connectivity index (χ0v) is 7.68. The van der Waals surface area contributed by atoms with Gasteiger partial charge in [-0.25, -0.2) is 0 Å². The van der Waals surface area contributed by atoms with Gasteiger partial charge in [-0.3, -0.25) is 4.79 Å². The quantitative estimate of drug-likeness (QED) is 0.477. The molecule has 0 aromatic heterocycles. The van der Waals surface area contributed by atoms with Crippen LogP contribution in [0.2, 0.25) is 0 Å². The van der Waals surface area contributed by atoms with E-state index in [9.17, 15) is 4.79 Å². The molecule has 0 unspecified atom stereocenters. The molecule has 0 heterocycles. The summed E-state index contributed by atoms with van der Waals surface area (Å²) in [6.07, 6.45) is 3.05. The highest BCUT2D eigenvalue weighted by Crippen LogP contribution is 1.98. The Labute approximate surface area is 73.7 Å². The Morgan fingerprint density at radius 1 is 1.42 bits per heavy atom. The second kappa shape index (κ2) is 7.06. The molecule has 4 heteroatoms. The molecule has 0 aromatic rings. The zero-order chi connectivity index (χ0) is 9.40. The SMILES string of the molecule is C[C@H](CCCCN)NC(=O)CN. The summed E-state index contributed by atoms with van der Waals surface area (Å²) < 4.78 is 0. The van der Waals surface area contributed by atoms with Crippen molar-refractivity contribution in [2.24, 2.45) is 11.5 Å². The molecule has 0 aliphatic heterocycles. The molecule has 1 atom stereocenters. The molecule has 72 valence electrons. The number of nitrogens with one attached hydrogen (secondary N) is 1. The lowest BCUT2D eigenvalue weighted by molar-refractivity contribution is -0.120. The monoisotopic (exact) mass is 173 g/mol. The summed E-state index contributed by atoms with van der Waals surface area (Å²) in [4.78, 5) is 10.8. The molecular formula is C8H19N3O. The molecule has 0 saturated heterocycles. The predicted molar refractivity (Wildman–Crippen MR) is 49.6 cm³/mol. The molecule has 12 heavy (non-hydrogen) atoms. The van der Waals surface area contributed by atoms with Crippen molar-refractivity contribution in [3.63, 3.8) is 0 Å². The van der Waals surface area contributed by atoms with E-state index >= 15 is 0 Å². The number of nitrogens with two attached hydrogens (primary N) is 2. The van der Waals surface area contributed by atoms with Crippen molar-refractivity contribution >= 4 is 5.91 Å². The average Bonchev–Trinajstić information content (AvgIpc) is 2.05. The van der Waals surface area contributed by atoms with E-state index in [4.69, 9.17) is 11.5 Å². The first-order valence-corrected chi connectivity index (χ1v) is 4.40. The van der Waals surface area contributed by atoms with Crippen molar-refractivity contribution < 1.29 is 4.79 Å². The molecule has 0 fully saturated rings. The van der Waals surface area contributed by atoms with Crippen LogP contribution in [0, 0.1) is 0 Å². The van der Waals surface area contributed by atoms with Gasteiger partial charge in [0, 0.05) is 6.04 Å². The Morgan fingerprint density at radius 2 is 2.08 bits per heavy atom. The Morgan fingerprint density at radius 3 is 2.58 bits per heavy atom. The summed E-state index contributed by atoms with van der Waals surface area (Å²) in [5.74, 6) is -0.0877. The van der Waals surface area contributed by atoms with Crippen LogP contribution in [0.15, 0.2) is 0 Å². The molecule has 0 bridgehead atoms. The van der Waals surface area contributed by atoms with Crippen LogP contribution in [0.5, 0.6) is 0 Å². The average molecular weight is 173 g/mol. The van der Waals surface area contributed by atoms with E-state index in [1.54, 1.807) is 0 Å². The van der Waals surface area contributed by atoms with Gasteiger partial charge in [-0.15, -0.1) is 0 Å². The predicted octanol–water partition coefficient (Wildman–Crippen LogP) is -0.421. The van der Waals surface area contributed by atoms with Crippen molar-refractivity contribution in [2.45, 2.75) is 32.2 Å². The van der Waals surface area contributed by atoms with Gasteiger partial charge in [0.15, 0.2) is 0 Å². The first kappa shape index (κ1) is 11.4. The number of carbonyl (C=O) groups excluding carboxylic acids is 1. The number of hydrogen-bond acceptors (Lipinski definition) is 3. The van der Waals surface area contributed by atoms with E-state index in [0.717, 1.165) is 25.8 Å².